The summed E-state index contributed by atoms with van der Waals surface area (Å²) in [6, 6.07) is 14.8. The van der Waals surface area contributed by atoms with Gasteiger partial charge in [-0.2, -0.15) is 0 Å². The average molecular weight is 368 g/mol. The standard InChI is InChI=1S/C19H18ClN5O/c20-16-5-1-3-14(11-16)8-10-22-19(26)17-6-7-18(25-24-17)23-13-15-4-2-9-21-12-15/h1-7,9,11-12H,8,10,13H2,(H,22,26)(H,23,25). The molecule has 0 radical (unpaired) electrons. The molecule has 26 heavy (non-hydrogen) atoms. The van der Waals surface area contributed by atoms with Crippen LogP contribution < -0.4 is 10.6 Å². The van der Waals surface area contributed by atoms with Crippen molar-refractivity contribution < 1.29 is 4.79 Å². The third-order valence-corrected chi connectivity index (χ3v) is 3.92. The molecule has 0 spiro atoms. The summed E-state index contributed by atoms with van der Waals surface area (Å²) in [5, 5.41) is 14.7. The Labute approximate surface area is 156 Å². The zero-order valence-corrected chi connectivity index (χ0v) is 14.8. The molecule has 0 saturated carbocycles. The first-order valence-corrected chi connectivity index (χ1v) is 8.57. The van der Waals surface area contributed by atoms with Gasteiger partial charge < -0.3 is 10.6 Å². The van der Waals surface area contributed by atoms with Crippen LogP contribution in [-0.4, -0.2) is 27.6 Å². The highest BCUT2D eigenvalue weighted by Crippen LogP contribution is 2.11. The highest BCUT2D eigenvalue weighted by atomic mass is 35.5. The molecule has 3 rings (SSSR count). The molecule has 1 aromatic carbocycles. The SMILES string of the molecule is O=C(NCCc1cccc(Cl)c1)c1ccc(NCc2cccnc2)nn1. The number of hydrogen-bond donors (Lipinski definition) is 2. The smallest absolute Gasteiger partial charge is 0.271 e. The van der Waals surface area contributed by atoms with Gasteiger partial charge in [0, 0.05) is 30.5 Å². The third-order valence-electron chi connectivity index (χ3n) is 3.68. The van der Waals surface area contributed by atoms with Gasteiger partial charge in [-0.1, -0.05) is 29.8 Å². The Kier molecular flexibility index (Phi) is 6.11. The molecule has 6 nitrogen and oxygen atoms in total. The van der Waals surface area contributed by atoms with Crippen molar-refractivity contribution in [1.82, 2.24) is 20.5 Å². The third kappa shape index (κ3) is 5.26. The second kappa shape index (κ2) is 8.92. The van der Waals surface area contributed by atoms with Crippen LogP contribution in [0.1, 0.15) is 21.6 Å². The summed E-state index contributed by atoms with van der Waals surface area (Å²) in [6.45, 7) is 1.09. The second-order valence-electron chi connectivity index (χ2n) is 5.65. The lowest BCUT2D eigenvalue weighted by atomic mass is 10.1. The minimum Gasteiger partial charge on any atom is -0.364 e. The maximum Gasteiger partial charge on any atom is 0.271 e. The van der Waals surface area contributed by atoms with Gasteiger partial charge in [0.1, 0.15) is 5.82 Å². The topological polar surface area (TPSA) is 79.8 Å². The zero-order chi connectivity index (χ0) is 18.2. The Hall–Kier alpha value is -2.99. The van der Waals surface area contributed by atoms with Crippen LogP contribution in [0.3, 0.4) is 0 Å². The fourth-order valence-corrected chi connectivity index (χ4v) is 2.56. The number of carbonyl (C=O) groups excluding carboxylic acids is 1. The fraction of sp³-hybridized carbons (Fsp3) is 0.158. The van der Waals surface area contributed by atoms with E-state index in [1.54, 1.807) is 24.5 Å². The number of benzene rings is 1. The highest BCUT2D eigenvalue weighted by Gasteiger charge is 2.08. The summed E-state index contributed by atoms with van der Waals surface area (Å²) in [4.78, 5) is 16.2. The van der Waals surface area contributed by atoms with E-state index in [9.17, 15) is 4.79 Å². The molecule has 0 aliphatic heterocycles. The van der Waals surface area contributed by atoms with E-state index in [0.717, 1.165) is 11.1 Å². The summed E-state index contributed by atoms with van der Waals surface area (Å²) in [5.74, 6) is 0.350. The average Bonchev–Trinajstić information content (AvgIpc) is 2.67. The van der Waals surface area contributed by atoms with Crippen LogP contribution in [0.5, 0.6) is 0 Å². The zero-order valence-electron chi connectivity index (χ0n) is 14.0. The first-order valence-electron chi connectivity index (χ1n) is 8.20. The van der Waals surface area contributed by atoms with Gasteiger partial charge in [-0.3, -0.25) is 9.78 Å². The lowest BCUT2D eigenvalue weighted by Crippen LogP contribution is -2.26. The van der Waals surface area contributed by atoms with Crippen molar-refractivity contribution in [1.29, 1.82) is 0 Å². The Morgan fingerprint density at radius 3 is 2.65 bits per heavy atom. The van der Waals surface area contributed by atoms with Crippen LogP contribution in [-0.2, 0) is 13.0 Å². The number of carbonyl (C=O) groups is 1. The normalized spacial score (nSPS) is 10.3. The summed E-state index contributed by atoms with van der Waals surface area (Å²) in [7, 11) is 0. The van der Waals surface area contributed by atoms with Crippen molar-refractivity contribution in [3.8, 4) is 0 Å². The van der Waals surface area contributed by atoms with Gasteiger partial charge in [-0.15, -0.1) is 10.2 Å². The first kappa shape index (κ1) is 17.8. The van der Waals surface area contributed by atoms with E-state index in [0.29, 0.717) is 30.4 Å². The molecular formula is C19H18ClN5O. The minimum absolute atomic E-state index is 0.252. The number of hydrogen-bond acceptors (Lipinski definition) is 5. The van der Waals surface area contributed by atoms with E-state index in [-0.39, 0.29) is 11.6 Å². The maximum atomic E-state index is 12.1. The summed E-state index contributed by atoms with van der Waals surface area (Å²) >= 11 is 5.95. The molecule has 0 unspecified atom stereocenters. The van der Waals surface area contributed by atoms with Crippen LogP contribution in [0.15, 0.2) is 60.9 Å². The summed E-state index contributed by atoms with van der Waals surface area (Å²) in [5.41, 5.74) is 2.39. The number of nitrogens with one attached hydrogen (secondary N) is 2. The minimum atomic E-state index is -0.252. The number of aromatic nitrogens is 3. The summed E-state index contributed by atoms with van der Waals surface area (Å²) < 4.78 is 0. The molecule has 0 bridgehead atoms. The number of pyridine rings is 1. The van der Waals surface area contributed by atoms with Crippen molar-refractivity contribution in [2.45, 2.75) is 13.0 Å². The van der Waals surface area contributed by atoms with Gasteiger partial charge in [-0.25, -0.2) is 0 Å². The molecule has 1 amide bonds. The largest absolute Gasteiger partial charge is 0.364 e. The van der Waals surface area contributed by atoms with Crippen LogP contribution in [0.2, 0.25) is 5.02 Å². The molecule has 132 valence electrons. The molecule has 2 N–H and O–H groups in total. The van der Waals surface area contributed by atoms with E-state index >= 15 is 0 Å². The van der Waals surface area contributed by atoms with Crippen LogP contribution in [0.25, 0.3) is 0 Å². The van der Waals surface area contributed by atoms with E-state index in [4.69, 9.17) is 11.6 Å². The lowest BCUT2D eigenvalue weighted by molar-refractivity contribution is 0.0948. The van der Waals surface area contributed by atoms with Gasteiger partial charge in [0.05, 0.1) is 0 Å². The molecule has 2 heterocycles. The lowest BCUT2D eigenvalue weighted by Gasteiger charge is -2.07. The molecule has 0 aliphatic rings. The van der Waals surface area contributed by atoms with Gasteiger partial charge in [0.15, 0.2) is 5.69 Å². The van der Waals surface area contributed by atoms with E-state index < -0.39 is 0 Å². The fourth-order valence-electron chi connectivity index (χ4n) is 2.35. The Morgan fingerprint density at radius 2 is 1.92 bits per heavy atom. The number of nitrogens with zero attached hydrogens (tertiary/aromatic N) is 3. The molecule has 0 atom stereocenters. The van der Waals surface area contributed by atoms with E-state index in [2.05, 4.69) is 25.8 Å². The summed E-state index contributed by atoms with van der Waals surface area (Å²) in [6.07, 6.45) is 4.20. The van der Waals surface area contributed by atoms with Gasteiger partial charge in [0.25, 0.3) is 5.91 Å². The number of halogens is 1. The number of rotatable bonds is 7. The second-order valence-corrected chi connectivity index (χ2v) is 6.09. The monoisotopic (exact) mass is 367 g/mol. The van der Waals surface area contributed by atoms with Crippen LogP contribution in [0, 0.1) is 0 Å². The predicted molar refractivity (Wildman–Crippen MR) is 101 cm³/mol. The van der Waals surface area contributed by atoms with Crippen LogP contribution in [0.4, 0.5) is 5.82 Å². The molecule has 0 fully saturated rings. The molecular weight excluding hydrogens is 350 g/mol. The van der Waals surface area contributed by atoms with Crippen molar-refractivity contribution in [2.24, 2.45) is 0 Å². The predicted octanol–water partition coefficient (Wildman–Crippen LogP) is 3.11. The quantitative estimate of drug-likeness (QED) is 0.670. The first-order chi connectivity index (χ1) is 12.7. The van der Waals surface area contributed by atoms with Crippen molar-refractivity contribution in [2.75, 3.05) is 11.9 Å². The van der Waals surface area contributed by atoms with E-state index in [1.807, 2.05) is 36.4 Å². The Morgan fingerprint density at radius 1 is 1.04 bits per heavy atom. The van der Waals surface area contributed by atoms with Crippen molar-refractivity contribution >= 4 is 23.3 Å². The van der Waals surface area contributed by atoms with Gasteiger partial charge in [-0.05, 0) is 47.9 Å². The molecule has 3 aromatic rings. The highest BCUT2D eigenvalue weighted by molar-refractivity contribution is 6.30. The maximum absolute atomic E-state index is 12.1. The Bertz CT molecular complexity index is 855. The molecule has 0 aliphatic carbocycles. The molecule has 7 heteroatoms. The molecule has 0 saturated heterocycles. The number of amides is 1. The van der Waals surface area contributed by atoms with Crippen molar-refractivity contribution in [3.05, 3.63) is 82.8 Å². The molecule has 2 aromatic heterocycles. The van der Waals surface area contributed by atoms with E-state index in [1.165, 1.54) is 0 Å². The Balaban J connectivity index is 1.47. The van der Waals surface area contributed by atoms with Gasteiger partial charge >= 0.3 is 0 Å². The van der Waals surface area contributed by atoms with Crippen molar-refractivity contribution in [3.63, 3.8) is 0 Å². The van der Waals surface area contributed by atoms with Crippen LogP contribution >= 0.6 is 11.6 Å². The van der Waals surface area contributed by atoms with Gasteiger partial charge in [0.2, 0.25) is 0 Å². The number of anilines is 1.